The molecule has 0 spiro atoms. The summed E-state index contributed by atoms with van der Waals surface area (Å²) < 4.78 is 0.704. The molecule has 5 nitrogen and oxygen atoms in total. The van der Waals surface area contributed by atoms with E-state index in [4.69, 9.17) is 5.73 Å². The van der Waals surface area contributed by atoms with Gasteiger partial charge in [-0.2, -0.15) is 4.98 Å². The van der Waals surface area contributed by atoms with Crippen molar-refractivity contribution >= 4 is 27.7 Å². The maximum Gasteiger partial charge on any atom is 0.225 e. The summed E-state index contributed by atoms with van der Waals surface area (Å²) in [4.78, 5) is 10.8. The number of nitrogens with two attached hydrogens (primary N) is 1. The second kappa shape index (κ2) is 5.18. The molecule has 0 bridgehead atoms. The summed E-state index contributed by atoms with van der Waals surface area (Å²) in [5.74, 6) is 1.05. The topological polar surface area (TPSA) is 67.1 Å². The molecule has 1 aromatic heterocycles. The van der Waals surface area contributed by atoms with Crippen molar-refractivity contribution in [1.82, 2.24) is 14.9 Å². The minimum atomic E-state index is 0.464. The van der Waals surface area contributed by atoms with Crippen LogP contribution in [0.5, 0.6) is 0 Å². The van der Waals surface area contributed by atoms with Crippen LogP contribution in [0.2, 0.25) is 0 Å². The van der Waals surface area contributed by atoms with Gasteiger partial charge in [0.2, 0.25) is 5.95 Å². The zero-order valence-electron chi connectivity index (χ0n) is 10.2. The lowest BCUT2D eigenvalue weighted by atomic mass is 10.3. The van der Waals surface area contributed by atoms with E-state index in [1.807, 2.05) is 0 Å². The lowest BCUT2D eigenvalue weighted by Crippen LogP contribution is -2.36. The maximum absolute atomic E-state index is 5.65. The number of hydrogen-bond acceptors (Lipinski definition) is 5. The van der Waals surface area contributed by atoms with Gasteiger partial charge in [-0.15, -0.1) is 0 Å². The van der Waals surface area contributed by atoms with E-state index in [1.165, 1.54) is 12.8 Å². The smallest absolute Gasteiger partial charge is 0.225 e. The Morgan fingerprint density at radius 1 is 1.59 bits per heavy atom. The van der Waals surface area contributed by atoms with Crippen molar-refractivity contribution in [3.63, 3.8) is 0 Å². The number of nitrogens with one attached hydrogen (secondary N) is 1. The minimum Gasteiger partial charge on any atom is -0.383 e. The van der Waals surface area contributed by atoms with Crippen LogP contribution in [0.3, 0.4) is 0 Å². The second-order valence-corrected chi connectivity index (χ2v) is 5.38. The number of halogens is 1. The van der Waals surface area contributed by atoms with Crippen molar-refractivity contribution in [3.8, 4) is 0 Å². The molecule has 1 fully saturated rings. The molecular formula is C11H18BrN5. The highest BCUT2D eigenvalue weighted by molar-refractivity contribution is 9.10. The monoisotopic (exact) mass is 299 g/mol. The Labute approximate surface area is 110 Å². The summed E-state index contributed by atoms with van der Waals surface area (Å²) in [7, 11) is 2.17. The lowest BCUT2D eigenvalue weighted by Gasteiger charge is -2.24. The Bertz CT molecular complexity index is 373. The summed E-state index contributed by atoms with van der Waals surface area (Å²) in [6, 6.07) is 2.91. The Kier molecular flexibility index (Phi) is 3.83. The van der Waals surface area contributed by atoms with Crippen molar-refractivity contribution < 1.29 is 0 Å². The van der Waals surface area contributed by atoms with Crippen molar-refractivity contribution in [2.24, 2.45) is 0 Å². The molecule has 0 aromatic carbocycles. The van der Waals surface area contributed by atoms with Crippen LogP contribution in [0, 0.1) is 0 Å². The van der Waals surface area contributed by atoms with E-state index in [0.29, 0.717) is 22.4 Å². The van der Waals surface area contributed by atoms with Gasteiger partial charge in [0.15, 0.2) is 0 Å². The first-order valence-corrected chi connectivity index (χ1v) is 6.61. The van der Waals surface area contributed by atoms with Crippen LogP contribution in [0.4, 0.5) is 11.8 Å². The number of likely N-dealkylation sites (N-methyl/N-ethyl adjacent to an activating group) is 1. The molecule has 1 saturated carbocycles. The van der Waals surface area contributed by atoms with Gasteiger partial charge in [-0.3, -0.25) is 4.90 Å². The normalized spacial score (nSPS) is 17.2. The molecule has 1 aliphatic rings. The molecule has 1 aliphatic carbocycles. The van der Waals surface area contributed by atoms with Crippen molar-refractivity contribution in [3.05, 3.63) is 10.7 Å². The molecule has 3 N–H and O–H groups in total. The molecule has 2 rings (SSSR count). The van der Waals surface area contributed by atoms with Gasteiger partial charge >= 0.3 is 0 Å². The van der Waals surface area contributed by atoms with Gasteiger partial charge in [0.25, 0.3) is 0 Å². The van der Waals surface area contributed by atoms with Crippen LogP contribution in [-0.2, 0) is 0 Å². The predicted molar refractivity (Wildman–Crippen MR) is 72.9 cm³/mol. The van der Waals surface area contributed by atoms with Crippen molar-refractivity contribution in [2.75, 3.05) is 24.6 Å². The van der Waals surface area contributed by atoms with Crippen LogP contribution >= 0.6 is 15.9 Å². The average molecular weight is 300 g/mol. The molecule has 0 aliphatic heterocycles. The van der Waals surface area contributed by atoms with E-state index in [9.17, 15) is 0 Å². The van der Waals surface area contributed by atoms with E-state index < -0.39 is 0 Å². The SMILES string of the molecule is CC(CNc1nc(N)cc(Br)n1)N(C)C1CC1. The van der Waals surface area contributed by atoms with Gasteiger partial charge in [-0.05, 0) is 42.7 Å². The zero-order valence-corrected chi connectivity index (χ0v) is 11.7. The highest BCUT2D eigenvalue weighted by Gasteiger charge is 2.28. The number of nitrogen functional groups attached to an aromatic ring is 1. The highest BCUT2D eigenvalue weighted by atomic mass is 79.9. The van der Waals surface area contributed by atoms with Gasteiger partial charge in [-0.1, -0.05) is 0 Å². The van der Waals surface area contributed by atoms with Gasteiger partial charge in [0.05, 0.1) is 0 Å². The van der Waals surface area contributed by atoms with Crippen LogP contribution in [0.1, 0.15) is 19.8 Å². The molecule has 0 radical (unpaired) electrons. The molecule has 1 atom stereocenters. The Morgan fingerprint density at radius 3 is 2.88 bits per heavy atom. The predicted octanol–water partition coefficient (Wildman–Crippen LogP) is 1.72. The molecule has 1 unspecified atom stereocenters. The Balaban J connectivity index is 1.88. The summed E-state index contributed by atoms with van der Waals surface area (Å²) in [6.07, 6.45) is 2.64. The van der Waals surface area contributed by atoms with Crippen molar-refractivity contribution in [1.29, 1.82) is 0 Å². The number of nitrogens with zero attached hydrogens (tertiary/aromatic N) is 3. The van der Waals surface area contributed by atoms with Gasteiger partial charge < -0.3 is 11.1 Å². The number of rotatable bonds is 5. The molecule has 17 heavy (non-hydrogen) atoms. The second-order valence-electron chi connectivity index (χ2n) is 4.57. The fraction of sp³-hybridized carbons (Fsp3) is 0.636. The third-order valence-electron chi connectivity index (χ3n) is 3.09. The van der Waals surface area contributed by atoms with Crippen LogP contribution < -0.4 is 11.1 Å². The fourth-order valence-electron chi connectivity index (χ4n) is 1.74. The molecule has 0 amide bonds. The standard InChI is InChI=1S/C11H18BrN5/c1-7(17(2)8-3-4-8)6-14-11-15-9(12)5-10(13)16-11/h5,7-8H,3-4,6H2,1-2H3,(H3,13,14,15,16). The first kappa shape index (κ1) is 12.6. The Hall–Kier alpha value is -0.880. The van der Waals surface area contributed by atoms with Gasteiger partial charge in [-0.25, -0.2) is 4.98 Å². The summed E-state index contributed by atoms with van der Waals surface area (Å²) in [5.41, 5.74) is 5.65. The quantitative estimate of drug-likeness (QED) is 0.810. The van der Waals surface area contributed by atoms with E-state index in [2.05, 4.69) is 50.1 Å². The summed E-state index contributed by atoms with van der Waals surface area (Å²) in [6.45, 7) is 3.02. The minimum absolute atomic E-state index is 0.464. The lowest BCUT2D eigenvalue weighted by molar-refractivity contribution is 0.257. The fourth-order valence-corrected chi connectivity index (χ4v) is 2.14. The molecule has 6 heteroatoms. The van der Waals surface area contributed by atoms with Gasteiger partial charge in [0, 0.05) is 24.7 Å². The van der Waals surface area contributed by atoms with Crippen LogP contribution in [-0.4, -0.2) is 40.5 Å². The first-order valence-electron chi connectivity index (χ1n) is 5.82. The van der Waals surface area contributed by atoms with Crippen molar-refractivity contribution in [2.45, 2.75) is 31.8 Å². The largest absolute Gasteiger partial charge is 0.383 e. The maximum atomic E-state index is 5.65. The number of anilines is 2. The van der Waals surface area contributed by atoms with E-state index >= 15 is 0 Å². The molecule has 0 saturated heterocycles. The van der Waals surface area contributed by atoms with E-state index in [1.54, 1.807) is 6.07 Å². The van der Waals surface area contributed by atoms with Gasteiger partial charge in [0.1, 0.15) is 10.4 Å². The number of hydrogen-bond donors (Lipinski definition) is 2. The summed E-state index contributed by atoms with van der Waals surface area (Å²) in [5, 5.41) is 3.22. The summed E-state index contributed by atoms with van der Waals surface area (Å²) >= 11 is 3.30. The highest BCUT2D eigenvalue weighted by Crippen LogP contribution is 2.26. The zero-order chi connectivity index (χ0) is 12.4. The third-order valence-corrected chi connectivity index (χ3v) is 3.49. The first-order chi connectivity index (χ1) is 8.06. The molecule has 94 valence electrons. The molecule has 1 aromatic rings. The average Bonchev–Trinajstić information content (AvgIpc) is 3.07. The van der Waals surface area contributed by atoms with Crippen LogP contribution in [0.15, 0.2) is 10.7 Å². The molecule has 1 heterocycles. The van der Waals surface area contributed by atoms with Crippen LogP contribution in [0.25, 0.3) is 0 Å². The Morgan fingerprint density at radius 2 is 2.29 bits per heavy atom. The van der Waals surface area contributed by atoms with E-state index in [0.717, 1.165) is 12.6 Å². The van der Waals surface area contributed by atoms with E-state index in [-0.39, 0.29) is 0 Å². The molecular weight excluding hydrogens is 282 g/mol. The third kappa shape index (κ3) is 3.54. The number of aromatic nitrogens is 2.